The molecule has 0 aliphatic heterocycles. The summed E-state index contributed by atoms with van der Waals surface area (Å²) in [4.78, 5) is 19.8. The van der Waals surface area contributed by atoms with Crippen molar-refractivity contribution in [2.24, 2.45) is 0 Å². The first-order chi connectivity index (χ1) is 10.4. The Morgan fingerprint density at radius 1 is 1.23 bits per heavy atom. The lowest BCUT2D eigenvalue weighted by molar-refractivity contribution is -0.137. The number of carbonyl (C=O) groups excluding carboxylic acids is 1. The normalized spacial score (nSPS) is 11.3. The SMILES string of the molecule is O=C(NCCc1cnccn1)c1cc(Cl)cc(C(F)(F)F)c1. The second-order valence-corrected chi connectivity index (χ2v) is 4.87. The van der Waals surface area contributed by atoms with Gasteiger partial charge in [0.2, 0.25) is 0 Å². The molecule has 0 atom stereocenters. The summed E-state index contributed by atoms with van der Waals surface area (Å²) in [6.45, 7) is 0.228. The molecule has 0 bridgehead atoms. The lowest BCUT2D eigenvalue weighted by Gasteiger charge is -2.10. The van der Waals surface area contributed by atoms with E-state index in [0.717, 1.165) is 12.1 Å². The van der Waals surface area contributed by atoms with Crippen LogP contribution in [0.4, 0.5) is 13.2 Å². The van der Waals surface area contributed by atoms with Gasteiger partial charge in [-0.25, -0.2) is 0 Å². The van der Waals surface area contributed by atoms with Gasteiger partial charge in [0.25, 0.3) is 5.91 Å². The second kappa shape index (κ2) is 6.74. The van der Waals surface area contributed by atoms with Gasteiger partial charge in [-0.3, -0.25) is 14.8 Å². The molecule has 0 aliphatic rings. The molecule has 116 valence electrons. The molecule has 0 radical (unpaired) electrons. The first kappa shape index (κ1) is 16.2. The van der Waals surface area contributed by atoms with E-state index in [-0.39, 0.29) is 17.1 Å². The Kier molecular flexibility index (Phi) is 4.97. The third kappa shape index (κ3) is 4.42. The maximum atomic E-state index is 12.7. The van der Waals surface area contributed by atoms with Gasteiger partial charge in [0.05, 0.1) is 11.3 Å². The molecule has 0 saturated carbocycles. The quantitative estimate of drug-likeness (QED) is 0.937. The maximum absolute atomic E-state index is 12.7. The lowest BCUT2D eigenvalue weighted by atomic mass is 10.1. The lowest BCUT2D eigenvalue weighted by Crippen LogP contribution is -2.26. The molecule has 0 spiro atoms. The van der Waals surface area contributed by atoms with E-state index in [0.29, 0.717) is 12.1 Å². The topological polar surface area (TPSA) is 54.9 Å². The van der Waals surface area contributed by atoms with Crippen molar-refractivity contribution in [2.45, 2.75) is 12.6 Å². The van der Waals surface area contributed by atoms with Crippen LogP contribution >= 0.6 is 11.6 Å². The minimum absolute atomic E-state index is 0.140. The molecule has 0 unspecified atom stereocenters. The molecule has 4 nitrogen and oxygen atoms in total. The molecule has 8 heteroatoms. The summed E-state index contributed by atoms with van der Waals surface area (Å²) >= 11 is 5.63. The van der Waals surface area contributed by atoms with E-state index in [1.807, 2.05) is 0 Å². The highest BCUT2D eigenvalue weighted by Gasteiger charge is 2.31. The van der Waals surface area contributed by atoms with Gasteiger partial charge in [0.1, 0.15) is 0 Å². The number of nitrogens with one attached hydrogen (secondary N) is 1. The second-order valence-electron chi connectivity index (χ2n) is 4.43. The minimum atomic E-state index is -4.56. The standard InChI is InChI=1S/C14H11ClF3N3O/c15-11-6-9(5-10(7-11)14(16,17)18)13(22)21-2-1-12-8-19-3-4-20-12/h3-8H,1-2H2,(H,21,22). The van der Waals surface area contributed by atoms with Crippen molar-refractivity contribution >= 4 is 17.5 Å². The minimum Gasteiger partial charge on any atom is -0.352 e. The molecule has 1 aromatic carbocycles. The van der Waals surface area contributed by atoms with E-state index in [4.69, 9.17) is 11.6 Å². The highest BCUT2D eigenvalue weighted by Crippen LogP contribution is 2.31. The number of nitrogens with zero attached hydrogens (tertiary/aromatic N) is 2. The molecule has 22 heavy (non-hydrogen) atoms. The van der Waals surface area contributed by atoms with Gasteiger partial charge in [0.15, 0.2) is 0 Å². The number of rotatable bonds is 4. The summed E-state index contributed by atoms with van der Waals surface area (Å²) in [6.07, 6.45) is 0.454. The van der Waals surface area contributed by atoms with E-state index in [2.05, 4.69) is 15.3 Å². The van der Waals surface area contributed by atoms with Gasteiger partial charge >= 0.3 is 6.18 Å². The number of amides is 1. The van der Waals surface area contributed by atoms with Crippen LogP contribution in [0, 0.1) is 0 Å². The molecular formula is C14H11ClF3N3O. The van der Waals surface area contributed by atoms with Crippen molar-refractivity contribution < 1.29 is 18.0 Å². The molecule has 1 heterocycles. The maximum Gasteiger partial charge on any atom is 0.416 e. The number of hydrogen-bond acceptors (Lipinski definition) is 3. The van der Waals surface area contributed by atoms with Gasteiger partial charge in [-0.05, 0) is 18.2 Å². The van der Waals surface area contributed by atoms with Crippen LogP contribution in [0.1, 0.15) is 21.6 Å². The predicted molar refractivity (Wildman–Crippen MR) is 74.5 cm³/mol. The summed E-state index contributed by atoms with van der Waals surface area (Å²) in [5.74, 6) is -0.628. The summed E-state index contributed by atoms with van der Waals surface area (Å²) in [5.41, 5.74) is -0.428. The zero-order valence-electron chi connectivity index (χ0n) is 11.2. The van der Waals surface area contributed by atoms with Gasteiger partial charge < -0.3 is 5.32 Å². The molecule has 0 fully saturated rings. The van der Waals surface area contributed by atoms with Crippen LogP contribution in [0.25, 0.3) is 0 Å². The highest BCUT2D eigenvalue weighted by molar-refractivity contribution is 6.31. The van der Waals surface area contributed by atoms with Crippen molar-refractivity contribution in [2.75, 3.05) is 6.54 Å². The fourth-order valence-electron chi connectivity index (χ4n) is 1.75. The van der Waals surface area contributed by atoms with E-state index in [9.17, 15) is 18.0 Å². The Morgan fingerprint density at radius 3 is 2.64 bits per heavy atom. The van der Waals surface area contributed by atoms with Crippen molar-refractivity contribution in [3.63, 3.8) is 0 Å². The van der Waals surface area contributed by atoms with Gasteiger partial charge in [-0.1, -0.05) is 11.6 Å². The molecule has 1 N–H and O–H groups in total. The van der Waals surface area contributed by atoms with Gasteiger partial charge in [-0.2, -0.15) is 13.2 Å². The number of benzene rings is 1. The van der Waals surface area contributed by atoms with Crippen LogP contribution in [-0.2, 0) is 12.6 Å². The van der Waals surface area contributed by atoms with Gasteiger partial charge in [0, 0.05) is 42.1 Å². The fraction of sp³-hybridized carbons (Fsp3) is 0.214. The molecule has 1 aromatic heterocycles. The van der Waals surface area contributed by atoms with Crippen LogP contribution in [-0.4, -0.2) is 22.4 Å². The van der Waals surface area contributed by atoms with E-state index in [1.165, 1.54) is 18.5 Å². The first-order valence-electron chi connectivity index (χ1n) is 6.27. The number of aromatic nitrogens is 2. The Hall–Kier alpha value is -2.15. The molecule has 2 rings (SSSR count). The number of halogens is 4. The number of carbonyl (C=O) groups is 1. The van der Waals surface area contributed by atoms with Gasteiger partial charge in [-0.15, -0.1) is 0 Å². The van der Waals surface area contributed by atoms with Crippen LogP contribution in [0.3, 0.4) is 0 Å². The Morgan fingerprint density at radius 2 is 2.00 bits per heavy atom. The van der Waals surface area contributed by atoms with Crippen molar-refractivity contribution in [3.8, 4) is 0 Å². The van der Waals surface area contributed by atoms with Crippen molar-refractivity contribution in [1.29, 1.82) is 0 Å². The molecule has 1 amide bonds. The molecular weight excluding hydrogens is 319 g/mol. The van der Waals surface area contributed by atoms with E-state index in [1.54, 1.807) is 6.20 Å². The van der Waals surface area contributed by atoms with E-state index >= 15 is 0 Å². The van der Waals surface area contributed by atoms with Crippen LogP contribution in [0.15, 0.2) is 36.8 Å². The van der Waals surface area contributed by atoms with Crippen LogP contribution < -0.4 is 5.32 Å². The molecule has 2 aromatic rings. The molecule has 0 aliphatic carbocycles. The van der Waals surface area contributed by atoms with E-state index < -0.39 is 17.6 Å². The third-order valence-corrected chi connectivity index (χ3v) is 2.99. The third-order valence-electron chi connectivity index (χ3n) is 2.77. The summed E-state index contributed by atoms with van der Waals surface area (Å²) in [7, 11) is 0. The zero-order valence-corrected chi connectivity index (χ0v) is 11.9. The van der Waals surface area contributed by atoms with Crippen LogP contribution in [0.2, 0.25) is 5.02 Å². The summed E-state index contributed by atoms with van der Waals surface area (Å²) in [5, 5.41) is 2.38. The first-order valence-corrected chi connectivity index (χ1v) is 6.65. The Balaban J connectivity index is 2.02. The fourth-order valence-corrected chi connectivity index (χ4v) is 1.98. The largest absolute Gasteiger partial charge is 0.416 e. The Labute approximate surface area is 129 Å². The number of alkyl halides is 3. The Bertz CT molecular complexity index is 662. The van der Waals surface area contributed by atoms with Crippen LogP contribution in [0.5, 0.6) is 0 Å². The average Bonchev–Trinajstić information content (AvgIpc) is 2.46. The van der Waals surface area contributed by atoms with Crippen molar-refractivity contribution in [1.82, 2.24) is 15.3 Å². The summed E-state index contributed by atoms with van der Waals surface area (Å²) < 4.78 is 38.0. The zero-order chi connectivity index (χ0) is 16.2. The van der Waals surface area contributed by atoms with Crippen molar-refractivity contribution in [3.05, 3.63) is 58.6 Å². The number of hydrogen-bond donors (Lipinski definition) is 1. The monoisotopic (exact) mass is 329 g/mol. The summed E-state index contributed by atoms with van der Waals surface area (Å²) in [6, 6.07) is 2.73. The highest BCUT2D eigenvalue weighted by atomic mass is 35.5. The smallest absolute Gasteiger partial charge is 0.352 e. The molecule has 0 saturated heterocycles. The predicted octanol–water partition coefficient (Wildman–Crippen LogP) is 3.12. The average molecular weight is 330 g/mol.